The first-order chi connectivity index (χ1) is 16.4. The van der Waals surface area contributed by atoms with Crippen molar-refractivity contribution in [3.63, 3.8) is 0 Å². The summed E-state index contributed by atoms with van der Waals surface area (Å²) in [4.78, 5) is 37.1. The monoisotopic (exact) mass is 484 g/mol. The van der Waals surface area contributed by atoms with Crippen molar-refractivity contribution in [2.24, 2.45) is 5.92 Å². The van der Waals surface area contributed by atoms with E-state index in [-0.39, 0.29) is 18.4 Å². The summed E-state index contributed by atoms with van der Waals surface area (Å²) in [5.74, 6) is -1.30. The fourth-order valence-electron chi connectivity index (χ4n) is 4.22. The third kappa shape index (κ3) is 5.91. The Balaban J connectivity index is 1.66. The van der Waals surface area contributed by atoms with E-state index in [1.54, 1.807) is 18.7 Å². The molecule has 1 aliphatic rings. The number of carbonyl (C=O) groups excluding carboxylic acids is 2. The number of thioether (sulfide) groups is 1. The Bertz CT molecular complexity index is 982. The summed E-state index contributed by atoms with van der Waals surface area (Å²) >= 11 is 1.54. The van der Waals surface area contributed by atoms with E-state index < -0.39 is 30.1 Å². The maximum atomic E-state index is 12.9. The lowest BCUT2D eigenvalue weighted by Crippen LogP contribution is -2.53. The predicted octanol–water partition coefficient (Wildman–Crippen LogP) is 4.26. The van der Waals surface area contributed by atoms with Gasteiger partial charge in [0.05, 0.1) is 0 Å². The minimum atomic E-state index is -1.09. The Morgan fingerprint density at radius 2 is 1.62 bits per heavy atom. The Labute approximate surface area is 204 Å². The number of carbonyl (C=O) groups is 3. The van der Waals surface area contributed by atoms with Gasteiger partial charge >= 0.3 is 12.1 Å². The lowest BCUT2D eigenvalue weighted by Gasteiger charge is -2.24. The molecule has 0 bridgehead atoms. The van der Waals surface area contributed by atoms with Crippen molar-refractivity contribution < 1.29 is 24.2 Å². The van der Waals surface area contributed by atoms with E-state index in [2.05, 4.69) is 22.8 Å². The van der Waals surface area contributed by atoms with Gasteiger partial charge in [0, 0.05) is 5.92 Å². The fourth-order valence-corrected chi connectivity index (χ4v) is 4.70. The maximum Gasteiger partial charge on any atom is 0.407 e. The number of benzene rings is 2. The van der Waals surface area contributed by atoms with E-state index in [0.29, 0.717) is 18.6 Å². The summed E-state index contributed by atoms with van der Waals surface area (Å²) < 4.78 is 5.57. The highest BCUT2D eigenvalue weighted by Gasteiger charge is 2.31. The molecule has 2 amide bonds. The van der Waals surface area contributed by atoms with Crippen molar-refractivity contribution in [3.05, 3.63) is 59.7 Å². The zero-order chi connectivity index (χ0) is 24.7. The van der Waals surface area contributed by atoms with Crippen LogP contribution in [0.4, 0.5) is 4.79 Å². The SMILES string of the molecule is CCC(C)[C@H](NC(=O)[C@H](CCSC)NC(=O)OCC1c2ccccc2-c2ccccc21)C(=O)O. The molecule has 0 heterocycles. The largest absolute Gasteiger partial charge is 0.480 e. The van der Waals surface area contributed by atoms with E-state index in [1.807, 2.05) is 49.6 Å². The average Bonchev–Trinajstić information content (AvgIpc) is 3.16. The minimum Gasteiger partial charge on any atom is -0.480 e. The normalized spacial score (nSPS) is 14.9. The molecule has 0 saturated carbocycles. The van der Waals surface area contributed by atoms with Gasteiger partial charge in [-0.25, -0.2) is 9.59 Å². The molecule has 0 aromatic heterocycles. The van der Waals surface area contributed by atoms with Crippen molar-refractivity contribution in [1.29, 1.82) is 0 Å². The van der Waals surface area contributed by atoms with Gasteiger partial charge in [0.2, 0.25) is 5.91 Å². The first kappa shape index (κ1) is 25.6. The van der Waals surface area contributed by atoms with Gasteiger partial charge in [-0.1, -0.05) is 68.8 Å². The minimum absolute atomic E-state index is 0.0848. The Kier molecular flexibility index (Phi) is 8.98. The molecular weight excluding hydrogens is 452 g/mol. The summed E-state index contributed by atoms with van der Waals surface area (Å²) in [5, 5.41) is 14.7. The predicted molar refractivity (Wildman–Crippen MR) is 134 cm³/mol. The molecule has 3 N–H and O–H groups in total. The molecule has 2 aromatic carbocycles. The topological polar surface area (TPSA) is 105 Å². The van der Waals surface area contributed by atoms with Gasteiger partial charge in [0.1, 0.15) is 18.7 Å². The molecule has 0 saturated heterocycles. The smallest absolute Gasteiger partial charge is 0.407 e. The zero-order valence-corrected chi connectivity index (χ0v) is 20.6. The van der Waals surface area contributed by atoms with Gasteiger partial charge in [-0.2, -0.15) is 11.8 Å². The summed E-state index contributed by atoms with van der Waals surface area (Å²) in [6, 6.07) is 14.2. The zero-order valence-electron chi connectivity index (χ0n) is 19.7. The van der Waals surface area contributed by atoms with Crippen molar-refractivity contribution in [2.45, 2.75) is 44.7 Å². The van der Waals surface area contributed by atoms with Gasteiger partial charge in [-0.3, -0.25) is 4.79 Å². The molecule has 7 nitrogen and oxygen atoms in total. The number of hydrogen-bond acceptors (Lipinski definition) is 5. The van der Waals surface area contributed by atoms with Gasteiger partial charge < -0.3 is 20.5 Å². The van der Waals surface area contributed by atoms with Crippen LogP contribution < -0.4 is 10.6 Å². The molecule has 0 fully saturated rings. The molecule has 0 aliphatic heterocycles. The van der Waals surface area contributed by atoms with Crippen LogP contribution in [-0.2, 0) is 14.3 Å². The lowest BCUT2D eigenvalue weighted by atomic mass is 9.98. The number of alkyl carbamates (subject to hydrolysis) is 1. The van der Waals surface area contributed by atoms with Gasteiger partial charge in [-0.05, 0) is 46.6 Å². The van der Waals surface area contributed by atoms with Crippen LogP contribution in [-0.4, -0.2) is 53.8 Å². The number of nitrogens with one attached hydrogen (secondary N) is 2. The molecule has 1 unspecified atom stereocenters. The number of ether oxygens (including phenoxy) is 1. The standard InChI is InChI=1S/C26H32N2O5S/c1-4-16(2)23(25(30)31)28-24(29)22(13-14-34-3)27-26(32)33-15-21-19-11-7-5-9-17(19)18-10-6-8-12-20(18)21/h5-12,16,21-23H,4,13-15H2,1-3H3,(H,27,32)(H,28,29)(H,30,31)/t16?,22-,23-/m0/s1. The number of aliphatic carboxylic acids is 1. The van der Waals surface area contributed by atoms with Gasteiger partial charge in [0.15, 0.2) is 0 Å². The maximum absolute atomic E-state index is 12.9. The summed E-state index contributed by atoms with van der Waals surface area (Å²) in [5.41, 5.74) is 4.47. The van der Waals surface area contributed by atoms with Gasteiger partial charge in [-0.15, -0.1) is 0 Å². The third-order valence-corrected chi connectivity index (χ3v) is 6.98. The van der Waals surface area contributed by atoms with Crippen LogP contribution in [0.15, 0.2) is 48.5 Å². The molecule has 2 aromatic rings. The van der Waals surface area contributed by atoms with Gasteiger partial charge in [0.25, 0.3) is 0 Å². The Morgan fingerprint density at radius 3 is 2.15 bits per heavy atom. The Hall–Kier alpha value is -3.00. The van der Waals surface area contributed by atoms with Crippen molar-refractivity contribution in [3.8, 4) is 11.1 Å². The number of rotatable bonds is 11. The van der Waals surface area contributed by atoms with E-state index in [4.69, 9.17) is 4.74 Å². The van der Waals surface area contributed by atoms with Crippen LogP contribution in [0.2, 0.25) is 0 Å². The van der Waals surface area contributed by atoms with E-state index >= 15 is 0 Å². The first-order valence-corrected chi connectivity index (χ1v) is 12.9. The Morgan fingerprint density at radius 1 is 1.03 bits per heavy atom. The molecule has 1 aliphatic carbocycles. The van der Waals surface area contributed by atoms with Crippen LogP contribution in [0, 0.1) is 5.92 Å². The highest BCUT2D eigenvalue weighted by Crippen LogP contribution is 2.44. The second-order valence-corrected chi connectivity index (χ2v) is 9.50. The molecule has 34 heavy (non-hydrogen) atoms. The number of carboxylic acids is 1. The van der Waals surface area contributed by atoms with Crippen LogP contribution >= 0.6 is 11.8 Å². The second kappa shape index (κ2) is 11.9. The summed E-state index contributed by atoms with van der Waals surface area (Å²) in [7, 11) is 0. The highest BCUT2D eigenvalue weighted by molar-refractivity contribution is 7.98. The molecule has 0 radical (unpaired) electrons. The number of carboxylic acid groups (broad SMARTS) is 1. The van der Waals surface area contributed by atoms with Crippen LogP contribution in [0.3, 0.4) is 0 Å². The molecule has 0 spiro atoms. The van der Waals surface area contributed by atoms with Crippen molar-refractivity contribution in [2.75, 3.05) is 18.6 Å². The van der Waals surface area contributed by atoms with E-state index in [0.717, 1.165) is 22.3 Å². The highest BCUT2D eigenvalue weighted by atomic mass is 32.2. The van der Waals surface area contributed by atoms with E-state index in [9.17, 15) is 19.5 Å². The summed E-state index contributed by atoms with van der Waals surface area (Å²) in [6.45, 7) is 3.78. The fraction of sp³-hybridized carbons (Fsp3) is 0.423. The first-order valence-electron chi connectivity index (χ1n) is 11.5. The van der Waals surface area contributed by atoms with Crippen LogP contribution in [0.5, 0.6) is 0 Å². The lowest BCUT2D eigenvalue weighted by molar-refractivity contribution is -0.143. The third-order valence-electron chi connectivity index (χ3n) is 6.34. The van der Waals surface area contributed by atoms with Crippen LogP contribution in [0.25, 0.3) is 11.1 Å². The number of fused-ring (bicyclic) bond motifs is 3. The molecule has 3 rings (SSSR count). The quantitative estimate of drug-likeness (QED) is 0.440. The number of hydrogen-bond donors (Lipinski definition) is 3. The molecular formula is C26H32N2O5S. The average molecular weight is 485 g/mol. The molecule has 8 heteroatoms. The van der Waals surface area contributed by atoms with Crippen LogP contribution in [0.1, 0.15) is 43.7 Å². The van der Waals surface area contributed by atoms with E-state index in [1.165, 1.54) is 0 Å². The molecule has 182 valence electrons. The second-order valence-electron chi connectivity index (χ2n) is 8.51. The van der Waals surface area contributed by atoms with Crippen molar-refractivity contribution in [1.82, 2.24) is 10.6 Å². The summed E-state index contributed by atoms with van der Waals surface area (Å²) in [6.07, 6.45) is 2.18. The number of amides is 2. The molecule has 3 atom stereocenters. The van der Waals surface area contributed by atoms with Crippen molar-refractivity contribution >= 4 is 29.7 Å².